The van der Waals surface area contributed by atoms with Gasteiger partial charge in [-0.3, -0.25) is 4.79 Å². The summed E-state index contributed by atoms with van der Waals surface area (Å²) < 4.78 is 10.5. The van der Waals surface area contributed by atoms with Crippen molar-refractivity contribution in [3.63, 3.8) is 0 Å². The summed E-state index contributed by atoms with van der Waals surface area (Å²) in [7, 11) is 0. The molecule has 0 unspecified atom stereocenters. The number of hydrogen-bond acceptors (Lipinski definition) is 6. The largest absolute Gasteiger partial charge is 0.451 e. The van der Waals surface area contributed by atoms with Crippen LogP contribution in [0.3, 0.4) is 0 Å². The van der Waals surface area contributed by atoms with Gasteiger partial charge in [-0.1, -0.05) is 5.16 Å². The van der Waals surface area contributed by atoms with E-state index in [1.54, 1.807) is 25.1 Å². The van der Waals surface area contributed by atoms with Crippen molar-refractivity contribution in [3.05, 3.63) is 32.6 Å². The van der Waals surface area contributed by atoms with Crippen molar-refractivity contribution in [1.82, 2.24) is 5.16 Å². The zero-order valence-electron chi connectivity index (χ0n) is 9.81. The van der Waals surface area contributed by atoms with Gasteiger partial charge in [0.15, 0.2) is 12.4 Å². The maximum absolute atomic E-state index is 11.6. The summed E-state index contributed by atoms with van der Waals surface area (Å²) in [4.78, 5) is 23.5. The van der Waals surface area contributed by atoms with E-state index in [0.29, 0.717) is 10.6 Å². The van der Waals surface area contributed by atoms with Gasteiger partial charge in [-0.25, -0.2) is 4.79 Å². The highest BCUT2D eigenvalue weighted by molar-refractivity contribution is 9.11. The van der Waals surface area contributed by atoms with E-state index in [-0.39, 0.29) is 12.4 Å². The van der Waals surface area contributed by atoms with E-state index in [4.69, 9.17) is 9.26 Å². The minimum atomic E-state index is -0.540. The van der Waals surface area contributed by atoms with Crippen LogP contribution in [0.2, 0.25) is 0 Å². The molecule has 0 radical (unpaired) electrons. The number of anilines is 1. The Morgan fingerprint density at radius 1 is 1.53 bits per heavy atom. The number of ether oxygens (including phenoxy) is 1. The Balaban J connectivity index is 1.82. The Kier molecular flexibility index (Phi) is 4.33. The molecule has 2 rings (SSSR count). The molecule has 0 saturated carbocycles. The molecule has 0 atom stereocenters. The highest BCUT2D eigenvalue weighted by atomic mass is 79.9. The predicted octanol–water partition coefficient (Wildman–Crippen LogP) is 2.60. The monoisotopic (exact) mass is 344 g/mol. The molecule has 1 amide bonds. The van der Waals surface area contributed by atoms with Crippen LogP contribution >= 0.6 is 27.3 Å². The molecular weight excluding hydrogens is 336 g/mol. The molecule has 0 saturated heterocycles. The standard InChI is InChI=1S/C11H9BrN2O4S/c1-6-4-9(14-18-6)13-10(15)5-17-11(16)7-2-3-8(12)19-7/h2-4H,5H2,1H3,(H,13,14,15). The van der Waals surface area contributed by atoms with Gasteiger partial charge < -0.3 is 14.6 Å². The quantitative estimate of drug-likeness (QED) is 0.862. The highest BCUT2D eigenvalue weighted by Gasteiger charge is 2.13. The zero-order valence-corrected chi connectivity index (χ0v) is 12.2. The van der Waals surface area contributed by atoms with Crippen LogP contribution in [-0.2, 0) is 9.53 Å². The van der Waals surface area contributed by atoms with Gasteiger partial charge in [0.05, 0.1) is 3.79 Å². The summed E-state index contributed by atoms with van der Waals surface area (Å²) in [6.07, 6.45) is 0. The molecule has 1 N–H and O–H groups in total. The Labute approximate surface area is 120 Å². The third kappa shape index (κ3) is 3.90. The molecule has 6 nitrogen and oxygen atoms in total. The Hall–Kier alpha value is -1.67. The SMILES string of the molecule is Cc1cc(NC(=O)COC(=O)c2ccc(Br)s2)no1. The molecule has 19 heavy (non-hydrogen) atoms. The van der Waals surface area contributed by atoms with Crippen LogP contribution in [0.5, 0.6) is 0 Å². The van der Waals surface area contributed by atoms with E-state index < -0.39 is 11.9 Å². The molecular formula is C11H9BrN2O4S. The molecule has 0 aliphatic heterocycles. The first-order valence-corrected chi connectivity index (χ1v) is 6.81. The lowest BCUT2D eigenvalue weighted by molar-refractivity contribution is -0.119. The maximum atomic E-state index is 11.6. The van der Waals surface area contributed by atoms with Crippen LogP contribution in [0.4, 0.5) is 5.82 Å². The average molecular weight is 345 g/mol. The second kappa shape index (κ2) is 5.98. The van der Waals surface area contributed by atoms with Crippen molar-refractivity contribution < 1.29 is 18.8 Å². The van der Waals surface area contributed by atoms with E-state index >= 15 is 0 Å². The van der Waals surface area contributed by atoms with E-state index in [2.05, 4.69) is 26.4 Å². The fourth-order valence-electron chi connectivity index (χ4n) is 1.23. The summed E-state index contributed by atoms with van der Waals surface area (Å²) in [5.41, 5.74) is 0. The van der Waals surface area contributed by atoms with Gasteiger partial charge in [-0.2, -0.15) is 0 Å². The number of nitrogens with zero attached hydrogens (tertiary/aromatic N) is 1. The second-order valence-electron chi connectivity index (χ2n) is 3.55. The van der Waals surface area contributed by atoms with Crippen LogP contribution in [0.1, 0.15) is 15.4 Å². The van der Waals surface area contributed by atoms with Crippen LogP contribution < -0.4 is 5.32 Å². The van der Waals surface area contributed by atoms with Gasteiger partial charge in [0.1, 0.15) is 10.6 Å². The van der Waals surface area contributed by atoms with E-state index in [1.807, 2.05) is 0 Å². The number of thiophene rings is 1. The number of nitrogens with one attached hydrogen (secondary N) is 1. The van der Waals surface area contributed by atoms with Crippen molar-refractivity contribution in [1.29, 1.82) is 0 Å². The fourth-order valence-corrected chi connectivity index (χ4v) is 2.51. The molecule has 0 spiro atoms. The molecule has 8 heteroatoms. The van der Waals surface area contributed by atoms with Gasteiger partial charge in [-0.15, -0.1) is 11.3 Å². The highest BCUT2D eigenvalue weighted by Crippen LogP contribution is 2.22. The first-order valence-electron chi connectivity index (χ1n) is 5.20. The number of aromatic nitrogens is 1. The lowest BCUT2D eigenvalue weighted by Gasteiger charge is -2.02. The topological polar surface area (TPSA) is 81.4 Å². The summed E-state index contributed by atoms with van der Waals surface area (Å²) in [6, 6.07) is 4.92. The van der Waals surface area contributed by atoms with Crippen LogP contribution in [0, 0.1) is 6.92 Å². The van der Waals surface area contributed by atoms with Crippen molar-refractivity contribution >= 4 is 45.0 Å². The molecule has 2 heterocycles. The lowest BCUT2D eigenvalue weighted by Crippen LogP contribution is -2.20. The maximum Gasteiger partial charge on any atom is 0.348 e. The zero-order chi connectivity index (χ0) is 13.8. The smallest absolute Gasteiger partial charge is 0.348 e. The third-order valence-corrected chi connectivity index (χ3v) is 3.61. The number of amides is 1. The van der Waals surface area contributed by atoms with Crippen LogP contribution in [0.15, 0.2) is 26.5 Å². The van der Waals surface area contributed by atoms with Crippen molar-refractivity contribution in [2.75, 3.05) is 11.9 Å². The van der Waals surface area contributed by atoms with Crippen molar-refractivity contribution in [2.45, 2.75) is 6.92 Å². The Morgan fingerprint density at radius 2 is 2.32 bits per heavy atom. The number of carbonyl (C=O) groups is 2. The lowest BCUT2D eigenvalue weighted by atomic mass is 10.4. The number of hydrogen-bond donors (Lipinski definition) is 1. The number of aryl methyl sites for hydroxylation is 1. The molecule has 0 aromatic carbocycles. The molecule has 2 aromatic heterocycles. The second-order valence-corrected chi connectivity index (χ2v) is 6.01. The van der Waals surface area contributed by atoms with Crippen molar-refractivity contribution in [2.24, 2.45) is 0 Å². The third-order valence-electron chi connectivity index (χ3n) is 2.00. The average Bonchev–Trinajstić information content (AvgIpc) is 2.95. The number of halogens is 1. The number of esters is 1. The molecule has 100 valence electrons. The molecule has 0 bridgehead atoms. The van der Waals surface area contributed by atoms with E-state index in [0.717, 1.165) is 3.79 Å². The Morgan fingerprint density at radius 3 is 2.89 bits per heavy atom. The summed E-state index contributed by atoms with van der Waals surface area (Å²) in [5, 5.41) is 6.04. The van der Waals surface area contributed by atoms with Crippen LogP contribution in [0.25, 0.3) is 0 Å². The van der Waals surface area contributed by atoms with Crippen LogP contribution in [-0.4, -0.2) is 23.6 Å². The number of rotatable bonds is 4. The van der Waals surface area contributed by atoms with Gasteiger partial charge in [0, 0.05) is 6.07 Å². The normalized spacial score (nSPS) is 10.2. The molecule has 2 aromatic rings. The minimum Gasteiger partial charge on any atom is -0.451 e. The Bertz CT molecular complexity index is 607. The van der Waals surface area contributed by atoms with E-state index in [9.17, 15) is 9.59 Å². The summed E-state index contributed by atoms with van der Waals surface area (Å²) in [6.45, 7) is 1.33. The first kappa shape index (κ1) is 13.8. The summed E-state index contributed by atoms with van der Waals surface area (Å²) in [5.74, 6) is -0.146. The van der Waals surface area contributed by atoms with Crippen molar-refractivity contribution in [3.8, 4) is 0 Å². The molecule has 0 aliphatic carbocycles. The predicted molar refractivity (Wildman–Crippen MR) is 72.2 cm³/mol. The minimum absolute atomic E-state index is 0.289. The van der Waals surface area contributed by atoms with Gasteiger partial charge in [-0.05, 0) is 35.0 Å². The molecule has 0 aliphatic rings. The van der Waals surface area contributed by atoms with Gasteiger partial charge in [0.25, 0.3) is 5.91 Å². The van der Waals surface area contributed by atoms with Gasteiger partial charge >= 0.3 is 5.97 Å². The number of carbonyl (C=O) groups excluding carboxylic acids is 2. The summed E-state index contributed by atoms with van der Waals surface area (Å²) >= 11 is 4.48. The van der Waals surface area contributed by atoms with E-state index in [1.165, 1.54) is 11.3 Å². The fraction of sp³-hybridized carbons (Fsp3) is 0.182. The van der Waals surface area contributed by atoms with Gasteiger partial charge in [0.2, 0.25) is 0 Å². The molecule has 0 fully saturated rings. The first-order chi connectivity index (χ1) is 9.04.